The lowest BCUT2D eigenvalue weighted by Gasteiger charge is -2.34. The van der Waals surface area contributed by atoms with E-state index in [9.17, 15) is 0 Å². The topological polar surface area (TPSA) is 47.7 Å². The molecule has 1 heterocycles. The summed E-state index contributed by atoms with van der Waals surface area (Å²) in [5.74, 6) is 1.38. The highest BCUT2D eigenvalue weighted by Gasteiger charge is 2.24. The minimum atomic E-state index is 0.129. The Balaban J connectivity index is 2.38. The molecule has 0 saturated heterocycles. The van der Waals surface area contributed by atoms with E-state index in [1.165, 1.54) is 0 Å². The molecule has 1 aromatic carbocycles. The number of hydrogen-bond acceptors (Lipinski definition) is 4. The number of benzene rings is 1. The molecule has 5 heteroatoms. The Hall–Kier alpha value is -0.970. The SMILES string of the molecule is CCN(C(C)C)C(CN)c1cc(Cl)c2c(c1)OCCCO2. The maximum Gasteiger partial charge on any atom is 0.179 e. The van der Waals surface area contributed by atoms with Gasteiger partial charge in [0.1, 0.15) is 0 Å². The van der Waals surface area contributed by atoms with E-state index in [2.05, 4.69) is 25.7 Å². The second-order valence-electron chi connectivity index (χ2n) is 5.56. The predicted molar refractivity (Wildman–Crippen MR) is 86.4 cm³/mol. The van der Waals surface area contributed by atoms with Gasteiger partial charge in [-0.15, -0.1) is 0 Å². The minimum absolute atomic E-state index is 0.129. The standard InChI is InChI=1S/C16H25ClN2O2/c1-4-19(11(2)3)14(10-18)12-8-13(17)16-15(9-12)20-6-5-7-21-16/h8-9,11,14H,4-7,10,18H2,1-3H3. The summed E-state index contributed by atoms with van der Waals surface area (Å²) in [7, 11) is 0. The fourth-order valence-corrected chi connectivity index (χ4v) is 3.13. The van der Waals surface area contributed by atoms with E-state index in [1.54, 1.807) is 0 Å². The molecule has 21 heavy (non-hydrogen) atoms. The first-order chi connectivity index (χ1) is 10.1. The molecule has 2 rings (SSSR count). The van der Waals surface area contributed by atoms with Crippen LogP contribution in [0.1, 0.15) is 38.8 Å². The Morgan fingerprint density at radius 2 is 2.00 bits per heavy atom. The number of likely N-dealkylation sites (N-methyl/N-ethyl adjacent to an activating group) is 1. The molecule has 0 aromatic heterocycles. The van der Waals surface area contributed by atoms with Gasteiger partial charge in [-0.2, -0.15) is 0 Å². The lowest BCUT2D eigenvalue weighted by molar-refractivity contribution is 0.166. The number of nitrogens with zero attached hydrogens (tertiary/aromatic N) is 1. The van der Waals surface area contributed by atoms with Gasteiger partial charge in [0.25, 0.3) is 0 Å². The summed E-state index contributed by atoms with van der Waals surface area (Å²) in [6.07, 6.45) is 0.869. The van der Waals surface area contributed by atoms with Gasteiger partial charge in [0.05, 0.1) is 18.2 Å². The van der Waals surface area contributed by atoms with Crippen LogP contribution in [0, 0.1) is 0 Å². The number of halogens is 1. The van der Waals surface area contributed by atoms with Gasteiger partial charge < -0.3 is 15.2 Å². The van der Waals surface area contributed by atoms with Gasteiger partial charge >= 0.3 is 0 Å². The first-order valence-electron chi connectivity index (χ1n) is 7.63. The predicted octanol–water partition coefficient (Wildman–Crippen LogP) is 3.23. The summed E-state index contributed by atoms with van der Waals surface area (Å²) in [5, 5.41) is 0.600. The Kier molecular flexibility index (Phi) is 5.73. The highest BCUT2D eigenvalue weighted by atomic mass is 35.5. The van der Waals surface area contributed by atoms with E-state index in [1.807, 2.05) is 12.1 Å². The maximum atomic E-state index is 6.38. The molecule has 0 spiro atoms. The normalized spacial score (nSPS) is 16.1. The third kappa shape index (κ3) is 3.62. The van der Waals surface area contributed by atoms with Crippen molar-refractivity contribution in [3.63, 3.8) is 0 Å². The third-order valence-corrected chi connectivity index (χ3v) is 4.14. The molecule has 0 bridgehead atoms. The molecule has 2 N–H and O–H groups in total. The fraction of sp³-hybridized carbons (Fsp3) is 0.625. The van der Waals surface area contributed by atoms with Gasteiger partial charge in [0, 0.05) is 25.0 Å². The van der Waals surface area contributed by atoms with E-state index in [0.717, 1.165) is 24.3 Å². The zero-order valence-corrected chi connectivity index (χ0v) is 13.8. The van der Waals surface area contributed by atoms with Crippen molar-refractivity contribution < 1.29 is 9.47 Å². The highest BCUT2D eigenvalue weighted by molar-refractivity contribution is 6.32. The number of rotatable bonds is 5. The van der Waals surface area contributed by atoms with Crippen molar-refractivity contribution in [1.29, 1.82) is 0 Å². The molecule has 1 aliphatic heterocycles. The molecule has 0 radical (unpaired) electrons. The second-order valence-corrected chi connectivity index (χ2v) is 5.96. The van der Waals surface area contributed by atoms with E-state index in [-0.39, 0.29) is 6.04 Å². The van der Waals surface area contributed by atoms with Crippen molar-refractivity contribution in [2.45, 2.75) is 39.3 Å². The average Bonchev–Trinajstić information content (AvgIpc) is 2.69. The minimum Gasteiger partial charge on any atom is -0.489 e. The third-order valence-electron chi connectivity index (χ3n) is 3.86. The van der Waals surface area contributed by atoms with E-state index in [0.29, 0.717) is 36.6 Å². The molecule has 4 nitrogen and oxygen atoms in total. The van der Waals surface area contributed by atoms with Crippen molar-refractivity contribution in [2.24, 2.45) is 5.73 Å². The monoisotopic (exact) mass is 312 g/mol. The summed E-state index contributed by atoms with van der Waals surface area (Å²) < 4.78 is 11.4. The number of ether oxygens (including phenoxy) is 2. The van der Waals surface area contributed by atoms with E-state index >= 15 is 0 Å². The highest BCUT2D eigenvalue weighted by Crippen LogP contribution is 2.40. The Labute approximate surface area is 132 Å². The van der Waals surface area contributed by atoms with Crippen molar-refractivity contribution >= 4 is 11.6 Å². The van der Waals surface area contributed by atoms with E-state index < -0.39 is 0 Å². The van der Waals surface area contributed by atoms with Gasteiger partial charge in [0.2, 0.25) is 0 Å². The van der Waals surface area contributed by atoms with Crippen LogP contribution in [-0.4, -0.2) is 37.2 Å². The number of fused-ring (bicyclic) bond motifs is 1. The molecule has 1 aliphatic rings. The molecule has 0 amide bonds. The van der Waals surface area contributed by atoms with Crippen LogP contribution in [0.4, 0.5) is 0 Å². The van der Waals surface area contributed by atoms with E-state index in [4.69, 9.17) is 26.8 Å². The molecule has 1 atom stereocenters. The van der Waals surface area contributed by atoms with Crippen LogP contribution in [0.25, 0.3) is 0 Å². The molecular weight excluding hydrogens is 288 g/mol. The zero-order chi connectivity index (χ0) is 15.4. The van der Waals surface area contributed by atoms with Crippen LogP contribution >= 0.6 is 11.6 Å². The van der Waals surface area contributed by atoms with Gasteiger partial charge in [0.15, 0.2) is 11.5 Å². The molecule has 0 saturated carbocycles. The molecule has 0 aliphatic carbocycles. The van der Waals surface area contributed by atoms with Crippen molar-refractivity contribution in [3.8, 4) is 11.5 Å². The molecular formula is C16H25ClN2O2. The Morgan fingerprint density at radius 3 is 2.62 bits per heavy atom. The summed E-state index contributed by atoms with van der Waals surface area (Å²) in [6.45, 7) is 9.27. The molecule has 1 aromatic rings. The maximum absolute atomic E-state index is 6.38. The fourth-order valence-electron chi connectivity index (χ4n) is 2.85. The average molecular weight is 313 g/mol. The largest absolute Gasteiger partial charge is 0.489 e. The van der Waals surface area contributed by atoms with Gasteiger partial charge in [-0.05, 0) is 38.1 Å². The van der Waals surface area contributed by atoms with Crippen LogP contribution in [0.3, 0.4) is 0 Å². The van der Waals surface area contributed by atoms with Crippen molar-refractivity contribution in [3.05, 3.63) is 22.7 Å². The molecule has 0 fully saturated rings. The molecule has 1 unspecified atom stereocenters. The van der Waals surface area contributed by atoms with Gasteiger partial charge in [-0.25, -0.2) is 0 Å². The van der Waals surface area contributed by atoms with Crippen LogP contribution in [0.2, 0.25) is 5.02 Å². The number of nitrogens with two attached hydrogens (primary N) is 1. The Morgan fingerprint density at radius 1 is 1.29 bits per heavy atom. The van der Waals surface area contributed by atoms with Crippen molar-refractivity contribution in [1.82, 2.24) is 4.90 Å². The summed E-state index contributed by atoms with van der Waals surface area (Å²) in [4.78, 5) is 2.36. The first-order valence-corrected chi connectivity index (χ1v) is 8.01. The summed E-state index contributed by atoms with van der Waals surface area (Å²) in [5.41, 5.74) is 7.10. The second kappa shape index (κ2) is 7.34. The molecule has 118 valence electrons. The summed E-state index contributed by atoms with van der Waals surface area (Å²) >= 11 is 6.38. The van der Waals surface area contributed by atoms with Crippen LogP contribution < -0.4 is 15.2 Å². The van der Waals surface area contributed by atoms with Crippen LogP contribution in [-0.2, 0) is 0 Å². The lowest BCUT2D eigenvalue weighted by Crippen LogP contribution is -2.38. The van der Waals surface area contributed by atoms with Crippen LogP contribution in [0.15, 0.2) is 12.1 Å². The lowest BCUT2D eigenvalue weighted by atomic mass is 10.0. The summed E-state index contributed by atoms with van der Waals surface area (Å²) in [6, 6.07) is 4.52. The number of hydrogen-bond donors (Lipinski definition) is 1. The van der Waals surface area contributed by atoms with Gasteiger partial charge in [-0.3, -0.25) is 4.90 Å². The quantitative estimate of drug-likeness (QED) is 0.907. The van der Waals surface area contributed by atoms with Gasteiger partial charge in [-0.1, -0.05) is 18.5 Å². The zero-order valence-electron chi connectivity index (χ0n) is 13.1. The first kappa shape index (κ1) is 16.4. The van der Waals surface area contributed by atoms with Crippen molar-refractivity contribution in [2.75, 3.05) is 26.3 Å². The van der Waals surface area contributed by atoms with Crippen LogP contribution in [0.5, 0.6) is 11.5 Å². The Bertz CT molecular complexity index is 480. The smallest absolute Gasteiger partial charge is 0.179 e.